The molecule has 0 spiro atoms. The van der Waals surface area contributed by atoms with Gasteiger partial charge in [-0.15, -0.1) is 0 Å². The molecule has 1 fully saturated rings. The molecule has 1 aliphatic heterocycles. The molecule has 114 valence electrons. The number of carbonyl (C=O) groups is 2. The second kappa shape index (κ2) is 5.71. The van der Waals surface area contributed by atoms with Crippen molar-refractivity contribution in [2.75, 3.05) is 6.54 Å². The minimum absolute atomic E-state index is 0.0124. The highest BCUT2D eigenvalue weighted by molar-refractivity contribution is 5.81. The summed E-state index contributed by atoms with van der Waals surface area (Å²) < 4.78 is 5.30. The number of nitrogens with zero attached hydrogens (tertiary/aromatic N) is 2. The number of carboxylic acids is 1. The van der Waals surface area contributed by atoms with Crippen molar-refractivity contribution < 1.29 is 19.4 Å². The molecule has 1 aromatic rings. The van der Waals surface area contributed by atoms with E-state index in [0.29, 0.717) is 13.0 Å². The monoisotopic (exact) mass is 292 g/mol. The number of rotatable bonds is 2. The summed E-state index contributed by atoms with van der Waals surface area (Å²) in [4.78, 5) is 28.8. The van der Waals surface area contributed by atoms with Gasteiger partial charge < -0.3 is 9.84 Å². The minimum Gasteiger partial charge on any atom is -0.480 e. The number of pyridine rings is 1. The molecule has 1 aromatic heterocycles. The largest absolute Gasteiger partial charge is 0.480 e. The van der Waals surface area contributed by atoms with Crippen LogP contribution in [-0.4, -0.2) is 45.2 Å². The van der Waals surface area contributed by atoms with Gasteiger partial charge in [-0.2, -0.15) is 0 Å². The molecule has 1 saturated heterocycles. The fraction of sp³-hybridized carbons (Fsp3) is 0.533. The zero-order chi connectivity index (χ0) is 15.6. The summed E-state index contributed by atoms with van der Waals surface area (Å²) in [5.41, 5.74) is 0.344. The molecular formula is C15H20N2O4. The Balaban J connectivity index is 2.16. The summed E-state index contributed by atoms with van der Waals surface area (Å²) in [5, 5.41) is 9.33. The van der Waals surface area contributed by atoms with Crippen LogP contribution in [0.1, 0.15) is 38.7 Å². The summed E-state index contributed by atoms with van der Waals surface area (Å²) >= 11 is 0. The van der Waals surface area contributed by atoms with Crippen molar-refractivity contribution in [3.63, 3.8) is 0 Å². The van der Waals surface area contributed by atoms with E-state index in [1.165, 1.54) is 4.90 Å². The Morgan fingerprint density at radius 2 is 1.95 bits per heavy atom. The Kier molecular flexibility index (Phi) is 4.16. The molecule has 2 rings (SSSR count). The number of aromatic nitrogens is 1. The second-order valence-electron chi connectivity index (χ2n) is 6.20. The first kappa shape index (κ1) is 15.3. The molecule has 0 bridgehead atoms. The topological polar surface area (TPSA) is 79.7 Å². The molecule has 21 heavy (non-hydrogen) atoms. The van der Waals surface area contributed by atoms with Gasteiger partial charge in [-0.1, -0.05) is 0 Å². The second-order valence-corrected chi connectivity index (χ2v) is 6.20. The van der Waals surface area contributed by atoms with E-state index >= 15 is 0 Å². The molecule has 6 nitrogen and oxygen atoms in total. The highest BCUT2D eigenvalue weighted by Gasteiger charge is 2.41. The molecule has 1 N–H and O–H groups in total. The van der Waals surface area contributed by atoms with Crippen LogP contribution in [0.5, 0.6) is 0 Å². The van der Waals surface area contributed by atoms with Crippen molar-refractivity contribution >= 4 is 12.1 Å². The predicted molar refractivity (Wildman–Crippen MR) is 76.0 cm³/mol. The van der Waals surface area contributed by atoms with E-state index in [1.54, 1.807) is 33.2 Å². The molecule has 0 radical (unpaired) electrons. The quantitative estimate of drug-likeness (QED) is 0.904. The van der Waals surface area contributed by atoms with Crippen molar-refractivity contribution in [2.45, 2.75) is 44.8 Å². The number of likely N-dealkylation sites (tertiary alicyclic amines) is 1. The van der Waals surface area contributed by atoms with Crippen LogP contribution in [0.2, 0.25) is 0 Å². The van der Waals surface area contributed by atoms with E-state index in [2.05, 4.69) is 4.98 Å². The maximum absolute atomic E-state index is 12.2. The molecule has 0 saturated carbocycles. The number of hydrogen-bond donors (Lipinski definition) is 1. The molecule has 2 unspecified atom stereocenters. The summed E-state index contributed by atoms with van der Waals surface area (Å²) in [6, 6.07) is 2.85. The zero-order valence-corrected chi connectivity index (χ0v) is 12.4. The highest BCUT2D eigenvalue weighted by atomic mass is 16.6. The van der Waals surface area contributed by atoms with Crippen LogP contribution >= 0.6 is 0 Å². The summed E-state index contributed by atoms with van der Waals surface area (Å²) in [6.45, 7) is 5.63. The molecule has 1 amide bonds. The van der Waals surface area contributed by atoms with Gasteiger partial charge >= 0.3 is 12.1 Å². The lowest BCUT2D eigenvalue weighted by Gasteiger charge is -2.26. The summed E-state index contributed by atoms with van der Waals surface area (Å²) in [7, 11) is 0. The van der Waals surface area contributed by atoms with Crippen LogP contribution in [0.25, 0.3) is 0 Å². The highest BCUT2D eigenvalue weighted by Crippen LogP contribution is 2.32. The number of hydrogen-bond acceptors (Lipinski definition) is 4. The van der Waals surface area contributed by atoms with Gasteiger partial charge in [-0.05, 0) is 44.9 Å². The summed E-state index contributed by atoms with van der Waals surface area (Å²) in [5.74, 6) is -1.01. The first-order chi connectivity index (χ1) is 9.78. The Morgan fingerprint density at radius 1 is 1.33 bits per heavy atom. The van der Waals surface area contributed by atoms with Gasteiger partial charge in [0.05, 0.1) is 0 Å². The molecule has 0 aliphatic carbocycles. The third-order valence-electron chi connectivity index (χ3n) is 3.39. The van der Waals surface area contributed by atoms with Crippen LogP contribution in [0, 0.1) is 0 Å². The average molecular weight is 292 g/mol. The van der Waals surface area contributed by atoms with Crippen molar-refractivity contribution in [2.24, 2.45) is 0 Å². The standard InChI is InChI=1S/C15H20N2O4/c1-15(2,3)21-14(20)17-9-11(8-12(17)13(18)19)10-4-6-16-7-5-10/h4-7,11-12H,8-9H2,1-3H3,(H,18,19). The number of carbonyl (C=O) groups excluding carboxylic acids is 1. The van der Waals surface area contributed by atoms with Gasteiger partial charge in [0, 0.05) is 24.9 Å². The molecule has 6 heteroatoms. The number of amides is 1. The molecule has 1 aliphatic rings. The molecule has 0 aromatic carbocycles. The van der Waals surface area contributed by atoms with Crippen LogP contribution in [-0.2, 0) is 9.53 Å². The van der Waals surface area contributed by atoms with Gasteiger partial charge in [0.2, 0.25) is 0 Å². The van der Waals surface area contributed by atoms with E-state index in [-0.39, 0.29) is 5.92 Å². The fourth-order valence-corrected chi connectivity index (χ4v) is 2.47. The van der Waals surface area contributed by atoms with Crippen LogP contribution < -0.4 is 0 Å². The predicted octanol–water partition coefficient (Wildman–Crippen LogP) is 2.26. The lowest BCUT2D eigenvalue weighted by atomic mass is 9.97. The third-order valence-corrected chi connectivity index (χ3v) is 3.39. The lowest BCUT2D eigenvalue weighted by molar-refractivity contribution is -0.142. The van der Waals surface area contributed by atoms with Gasteiger partial charge in [0.15, 0.2) is 0 Å². The van der Waals surface area contributed by atoms with Crippen molar-refractivity contribution in [1.82, 2.24) is 9.88 Å². The van der Waals surface area contributed by atoms with E-state index in [4.69, 9.17) is 4.74 Å². The van der Waals surface area contributed by atoms with E-state index in [1.807, 2.05) is 12.1 Å². The Labute approximate surface area is 123 Å². The normalized spacial score (nSPS) is 22.1. The minimum atomic E-state index is -1.00. The van der Waals surface area contributed by atoms with E-state index in [9.17, 15) is 14.7 Å². The van der Waals surface area contributed by atoms with Crippen molar-refractivity contribution in [3.05, 3.63) is 30.1 Å². The molecular weight excluding hydrogens is 272 g/mol. The first-order valence-electron chi connectivity index (χ1n) is 6.90. The number of ether oxygens (including phenoxy) is 1. The number of aliphatic carboxylic acids is 1. The fourth-order valence-electron chi connectivity index (χ4n) is 2.47. The average Bonchev–Trinajstić information content (AvgIpc) is 2.83. The van der Waals surface area contributed by atoms with Crippen molar-refractivity contribution in [1.29, 1.82) is 0 Å². The Morgan fingerprint density at radius 3 is 2.48 bits per heavy atom. The van der Waals surface area contributed by atoms with E-state index < -0.39 is 23.7 Å². The Bertz CT molecular complexity index is 524. The summed E-state index contributed by atoms with van der Waals surface area (Å²) in [6.07, 6.45) is 3.15. The van der Waals surface area contributed by atoms with E-state index in [0.717, 1.165) is 5.56 Å². The van der Waals surface area contributed by atoms with Crippen LogP contribution in [0.3, 0.4) is 0 Å². The van der Waals surface area contributed by atoms with Gasteiger partial charge in [-0.25, -0.2) is 9.59 Å². The van der Waals surface area contributed by atoms with Gasteiger partial charge in [-0.3, -0.25) is 9.88 Å². The van der Waals surface area contributed by atoms with Gasteiger partial charge in [0.1, 0.15) is 11.6 Å². The third kappa shape index (κ3) is 3.71. The smallest absolute Gasteiger partial charge is 0.411 e. The SMILES string of the molecule is CC(C)(C)OC(=O)N1CC(c2ccncc2)CC1C(=O)O. The van der Waals surface area contributed by atoms with Crippen LogP contribution in [0.4, 0.5) is 4.79 Å². The maximum Gasteiger partial charge on any atom is 0.411 e. The van der Waals surface area contributed by atoms with Crippen molar-refractivity contribution in [3.8, 4) is 0 Å². The zero-order valence-electron chi connectivity index (χ0n) is 12.4. The van der Waals surface area contributed by atoms with Gasteiger partial charge in [0.25, 0.3) is 0 Å². The lowest BCUT2D eigenvalue weighted by Crippen LogP contribution is -2.43. The Hall–Kier alpha value is -2.11. The molecule has 2 atom stereocenters. The first-order valence-corrected chi connectivity index (χ1v) is 6.90. The molecule has 2 heterocycles. The number of carboxylic acid groups (broad SMARTS) is 1. The van der Waals surface area contributed by atoms with Crippen LogP contribution in [0.15, 0.2) is 24.5 Å². The maximum atomic E-state index is 12.2.